The lowest BCUT2D eigenvalue weighted by molar-refractivity contribution is -0.0600. The molecular formula is C12H24N2O2. The molecular weight excluding hydrogens is 204 g/mol. The van der Waals surface area contributed by atoms with E-state index < -0.39 is 0 Å². The Kier molecular flexibility index (Phi) is 4.58. The molecule has 1 heterocycles. The van der Waals surface area contributed by atoms with Gasteiger partial charge in [0.1, 0.15) is 0 Å². The molecule has 0 bridgehead atoms. The topological polar surface area (TPSA) is 33.7 Å². The fraction of sp³-hybridized carbons (Fsp3) is 1.00. The van der Waals surface area contributed by atoms with Gasteiger partial charge in [-0.3, -0.25) is 4.90 Å². The molecule has 0 aromatic heterocycles. The van der Waals surface area contributed by atoms with Crippen LogP contribution in [-0.2, 0) is 9.47 Å². The van der Waals surface area contributed by atoms with Gasteiger partial charge in [0, 0.05) is 32.3 Å². The Morgan fingerprint density at radius 3 is 3.12 bits per heavy atom. The van der Waals surface area contributed by atoms with E-state index in [1.807, 2.05) is 7.05 Å². The van der Waals surface area contributed by atoms with Crippen LogP contribution < -0.4 is 5.32 Å². The highest BCUT2D eigenvalue weighted by Gasteiger charge is 2.36. The van der Waals surface area contributed by atoms with Crippen LogP contribution in [0.4, 0.5) is 0 Å². The quantitative estimate of drug-likeness (QED) is 0.742. The van der Waals surface area contributed by atoms with E-state index in [9.17, 15) is 0 Å². The molecule has 2 aliphatic rings. The molecule has 1 aliphatic carbocycles. The molecule has 4 nitrogen and oxygen atoms in total. The van der Waals surface area contributed by atoms with Crippen molar-refractivity contribution in [3.63, 3.8) is 0 Å². The summed E-state index contributed by atoms with van der Waals surface area (Å²) >= 11 is 0. The molecule has 0 spiro atoms. The molecule has 2 fully saturated rings. The highest BCUT2D eigenvalue weighted by atomic mass is 16.5. The lowest BCUT2D eigenvalue weighted by Crippen LogP contribution is -2.53. The Balaban J connectivity index is 1.87. The summed E-state index contributed by atoms with van der Waals surface area (Å²) in [5.74, 6) is 0. The summed E-state index contributed by atoms with van der Waals surface area (Å²) in [6.45, 7) is 3.83. The van der Waals surface area contributed by atoms with E-state index >= 15 is 0 Å². The van der Waals surface area contributed by atoms with Gasteiger partial charge in [-0.1, -0.05) is 0 Å². The Morgan fingerprint density at radius 1 is 1.50 bits per heavy atom. The van der Waals surface area contributed by atoms with Crippen molar-refractivity contribution in [1.82, 2.24) is 10.2 Å². The maximum Gasteiger partial charge on any atom is 0.0730 e. The molecule has 2 rings (SSSR count). The van der Waals surface area contributed by atoms with Crippen molar-refractivity contribution >= 4 is 0 Å². The monoisotopic (exact) mass is 228 g/mol. The molecule has 0 radical (unpaired) electrons. The van der Waals surface area contributed by atoms with Gasteiger partial charge < -0.3 is 14.8 Å². The number of fused-ring (bicyclic) bond motifs is 1. The maximum atomic E-state index is 5.81. The Hall–Kier alpha value is -0.160. The summed E-state index contributed by atoms with van der Waals surface area (Å²) in [6.07, 6.45) is 4.36. The smallest absolute Gasteiger partial charge is 0.0730 e. The molecule has 1 saturated carbocycles. The second-order valence-corrected chi connectivity index (χ2v) is 4.84. The number of likely N-dealkylation sites (N-methyl/N-ethyl adjacent to an activating group) is 1. The fourth-order valence-electron chi connectivity index (χ4n) is 2.94. The van der Waals surface area contributed by atoms with Crippen molar-refractivity contribution in [2.45, 2.75) is 37.5 Å². The van der Waals surface area contributed by atoms with E-state index in [2.05, 4.69) is 10.2 Å². The number of hydrogen-bond donors (Lipinski definition) is 1. The lowest BCUT2D eigenvalue weighted by atomic mass is 10.1. The Labute approximate surface area is 98.3 Å². The molecule has 0 aromatic carbocycles. The van der Waals surface area contributed by atoms with Crippen molar-refractivity contribution < 1.29 is 9.47 Å². The number of methoxy groups -OCH3 is 1. The number of morpholine rings is 1. The number of ether oxygens (including phenoxy) is 2. The van der Waals surface area contributed by atoms with Crippen LogP contribution in [-0.4, -0.2) is 63.5 Å². The van der Waals surface area contributed by atoms with Crippen LogP contribution in [0.5, 0.6) is 0 Å². The Bertz CT molecular complexity index is 213. The molecule has 94 valence electrons. The average Bonchev–Trinajstić information content (AvgIpc) is 2.77. The van der Waals surface area contributed by atoms with E-state index in [-0.39, 0.29) is 0 Å². The summed E-state index contributed by atoms with van der Waals surface area (Å²) in [7, 11) is 3.78. The molecule has 3 unspecified atom stereocenters. The van der Waals surface area contributed by atoms with E-state index in [4.69, 9.17) is 9.47 Å². The van der Waals surface area contributed by atoms with Crippen LogP contribution in [0.25, 0.3) is 0 Å². The van der Waals surface area contributed by atoms with Crippen molar-refractivity contribution in [2.75, 3.05) is 40.5 Å². The van der Waals surface area contributed by atoms with Gasteiger partial charge in [0.05, 0.1) is 19.3 Å². The minimum absolute atomic E-state index is 0.435. The zero-order valence-corrected chi connectivity index (χ0v) is 10.4. The van der Waals surface area contributed by atoms with Gasteiger partial charge in [-0.15, -0.1) is 0 Å². The third-order valence-electron chi connectivity index (χ3n) is 3.83. The minimum atomic E-state index is 0.435. The molecule has 1 saturated heterocycles. The van der Waals surface area contributed by atoms with Gasteiger partial charge >= 0.3 is 0 Å². The molecule has 1 N–H and O–H groups in total. The van der Waals surface area contributed by atoms with Crippen molar-refractivity contribution in [1.29, 1.82) is 0 Å². The van der Waals surface area contributed by atoms with Crippen LogP contribution >= 0.6 is 0 Å². The summed E-state index contributed by atoms with van der Waals surface area (Å²) in [4.78, 5) is 2.58. The van der Waals surface area contributed by atoms with E-state index in [0.29, 0.717) is 18.2 Å². The zero-order valence-electron chi connectivity index (χ0n) is 10.4. The fourth-order valence-corrected chi connectivity index (χ4v) is 2.94. The Morgan fingerprint density at radius 2 is 2.38 bits per heavy atom. The largest absolute Gasteiger partial charge is 0.383 e. The SMILES string of the molecule is CNC(COC)CN1CCOC2CCCC21. The van der Waals surface area contributed by atoms with Crippen molar-refractivity contribution in [3.05, 3.63) is 0 Å². The first kappa shape index (κ1) is 12.3. The van der Waals surface area contributed by atoms with Crippen molar-refractivity contribution in [2.24, 2.45) is 0 Å². The van der Waals surface area contributed by atoms with Gasteiger partial charge in [-0.05, 0) is 26.3 Å². The zero-order chi connectivity index (χ0) is 11.4. The van der Waals surface area contributed by atoms with Crippen LogP contribution in [0.1, 0.15) is 19.3 Å². The highest BCUT2D eigenvalue weighted by molar-refractivity contribution is 4.90. The first-order chi connectivity index (χ1) is 7.85. The third kappa shape index (κ3) is 2.74. The number of nitrogens with zero attached hydrogens (tertiary/aromatic N) is 1. The molecule has 0 amide bonds. The first-order valence-corrected chi connectivity index (χ1v) is 6.37. The van der Waals surface area contributed by atoms with Crippen molar-refractivity contribution in [3.8, 4) is 0 Å². The number of hydrogen-bond acceptors (Lipinski definition) is 4. The second-order valence-electron chi connectivity index (χ2n) is 4.84. The summed E-state index contributed by atoms with van der Waals surface area (Å²) < 4.78 is 11.0. The molecule has 0 aromatic rings. The van der Waals surface area contributed by atoms with Crippen LogP contribution in [0.3, 0.4) is 0 Å². The van der Waals surface area contributed by atoms with E-state index in [0.717, 1.165) is 26.3 Å². The van der Waals surface area contributed by atoms with Gasteiger partial charge in [0.25, 0.3) is 0 Å². The normalized spacial score (nSPS) is 32.6. The first-order valence-electron chi connectivity index (χ1n) is 6.37. The van der Waals surface area contributed by atoms with Crippen LogP contribution in [0, 0.1) is 0 Å². The van der Waals surface area contributed by atoms with Gasteiger partial charge in [-0.2, -0.15) is 0 Å². The summed E-state index contributed by atoms with van der Waals surface area (Å²) in [5, 5.41) is 3.32. The third-order valence-corrected chi connectivity index (χ3v) is 3.83. The molecule has 16 heavy (non-hydrogen) atoms. The maximum absolute atomic E-state index is 5.81. The predicted molar refractivity (Wildman–Crippen MR) is 63.7 cm³/mol. The number of rotatable bonds is 5. The second kappa shape index (κ2) is 5.96. The van der Waals surface area contributed by atoms with Crippen LogP contribution in [0.2, 0.25) is 0 Å². The highest BCUT2D eigenvalue weighted by Crippen LogP contribution is 2.29. The number of nitrogens with one attached hydrogen (secondary N) is 1. The van der Waals surface area contributed by atoms with E-state index in [1.165, 1.54) is 19.3 Å². The summed E-state index contributed by atoms with van der Waals surface area (Å²) in [5.41, 5.74) is 0. The van der Waals surface area contributed by atoms with Gasteiger partial charge in [0.15, 0.2) is 0 Å². The standard InChI is InChI=1S/C12H24N2O2/c1-13-10(9-15-2)8-14-6-7-16-12-5-3-4-11(12)14/h10-13H,3-9H2,1-2H3. The van der Waals surface area contributed by atoms with Gasteiger partial charge in [-0.25, -0.2) is 0 Å². The molecule has 4 heteroatoms. The van der Waals surface area contributed by atoms with Gasteiger partial charge in [0.2, 0.25) is 0 Å². The minimum Gasteiger partial charge on any atom is -0.383 e. The lowest BCUT2D eigenvalue weighted by Gasteiger charge is -2.39. The van der Waals surface area contributed by atoms with Crippen LogP contribution in [0.15, 0.2) is 0 Å². The molecule has 3 atom stereocenters. The molecule has 1 aliphatic heterocycles. The summed E-state index contributed by atoms with van der Waals surface area (Å²) in [6, 6.07) is 1.09. The average molecular weight is 228 g/mol. The van der Waals surface area contributed by atoms with E-state index in [1.54, 1.807) is 7.11 Å². The predicted octanol–water partition coefficient (Wildman–Crippen LogP) is 0.474.